The highest BCUT2D eigenvalue weighted by molar-refractivity contribution is 7.98. The molecule has 2 aromatic rings. The molecule has 0 fully saturated rings. The molecule has 0 amide bonds. The van der Waals surface area contributed by atoms with Crippen molar-refractivity contribution in [2.24, 2.45) is 0 Å². The number of hydrogen-bond acceptors (Lipinski definition) is 2. The van der Waals surface area contributed by atoms with Crippen LogP contribution < -0.4 is 5.56 Å². The number of hydrogen-bond donors (Lipinski definition) is 0. The Balaban J connectivity index is 2.47. The van der Waals surface area contributed by atoms with E-state index in [2.05, 4.69) is 0 Å². The summed E-state index contributed by atoms with van der Waals surface area (Å²) in [5.74, 6) is 1.00. The second-order valence-corrected chi connectivity index (χ2v) is 6.25. The number of benzene rings is 1. The summed E-state index contributed by atoms with van der Waals surface area (Å²) in [4.78, 5) is 12.2. The first kappa shape index (κ1) is 17.7. The molecule has 1 aromatic carbocycles. The summed E-state index contributed by atoms with van der Waals surface area (Å²) in [6.07, 6.45) is -0.644. The van der Waals surface area contributed by atoms with Crippen molar-refractivity contribution in [1.82, 2.24) is 4.57 Å². The molecule has 1 heterocycles. The van der Waals surface area contributed by atoms with E-state index in [0.717, 1.165) is 36.3 Å². The van der Waals surface area contributed by atoms with Gasteiger partial charge >= 0.3 is 6.18 Å². The fourth-order valence-electron chi connectivity index (χ4n) is 2.49. The molecule has 0 saturated carbocycles. The van der Waals surface area contributed by atoms with Crippen molar-refractivity contribution in [2.45, 2.75) is 25.9 Å². The molecule has 0 saturated heterocycles. The van der Waals surface area contributed by atoms with E-state index in [-0.39, 0.29) is 11.2 Å². The molecule has 0 spiro atoms. The van der Waals surface area contributed by atoms with Crippen LogP contribution in [0.4, 0.5) is 13.2 Å². The van der Waals surface area contributed by atoms with Crippen molar-refractivity contribution in [3.63, 3.8) is 0 Å². The van der Waals surface area contributed by atoms with Crippen molar-refractivity contribution in [3.05, 3.63) is 63.6 Å². The largest absolute Gasteiger partial charge is 0.416 e. The molecule has 0 radical (unpaired) electrons. The highest BCUT2D eigenvalue weighted by atomic mass is 32.2. The van der Waals surface area contributed by atoms with E-state index in [0.29, 0.717) is 5.69 Å². The molecule has 6 heteroatoms. The third kappa shape index (κ3) is 4.19. The average Bonchev–Trinajstić information content (AvgIpc) is 2.49. The van der Waals surface area contributed by atoms with Crippen LogP contribution in [0.15, 0.2) is 41.2 Å². The third-order valence-electron chi connectivity index (χ3n) is 3.67. The van der Waals surface area contributed by atoms with Crippen molar-refractivity contribution in [2.75, 3.05) is 12.0 Å². The lowest BCUT2D eigenvalue weighted by atomic mass is 10.1. The summed E-state index contributed by atoms with van der Waals surface area (Å²) < 4.78 is 40.0. The SMILES string of the molecule is CSCCCc1ccc(=O)n(-c2cccc(C(F)(F)F)c2)c1C. The summed E-state index contributed by atoms with van der Waals surface area (Å²) in [6.45, 7) is 1.77. The summed E-state index contributed by atoms with van der Waals surface area (Å²) in [5, 5.41) is 0. The van der Waals surface area contributed by atoms with Crippen LogP contribution in [-0.4, -0.2) is 16.6 Å². The Hall–Kier alpha value is -1.69. The normalized spacial score (nSPS) is 11.7. The van der Waals surface area contributed by atoms with E-state index in [1.165, 1.54) is 22.8 Å². The molecule has 0 unspecified atom stereocenters. The van der Waals surface area contributed by atoms with Crippen molar-refractivity contribution in [3.8, 4) is 5.69 Å². The molecule has 0 atom stereocenters. The number of pyridine rings is 1. The molecule has 2 rings (SSSR count). The number of aromatic nitrogens is 1. The second-order valence-electron chi connectivity index (χ2n) is 5.26. The number of rotatable bonds is 5. The zero-order chi connectivity index (χ0) is 17.0. The maximum Gasteiger partial charge on any atom is 0.416 e. The minimum absolute atomic E-state index is 0.244. The van der Waals surface area contributed by atoms with Gasteiger partial charge in [0.1, 0.15) is 0 Å². The van der Waals surface area contributed by atoms with Crippen molar-refractivity contribution < 1.29 is 13.2 Å². The van der Waals surface area contributed by atoms with E-state index >= 15 is 0 Å². The van der Waals surface area contributed by atoms with Crippen LogP contribution in [0.25, 0.3) is 5.69 Å². The maximum absolute atomic E-state index is 12.9. The minimum atomic E-state index is -4.43. The van der Waals surface area contributed by atoms with Crippen LogP contribution in [-0.2, 0) is 12.6 Å². The Morgan fingerprint density at radius 3 is 2.57 bits per heavy atom. The van der Waals surface area contributed by atoms with Crippen molar-refractivity contribution >= 4 is 11.8 Å². The number of alkyl halides is 3. The van der Waals surface area contributed by atoms with Gasteiger partial charge in [-0.05, 0) is 55.5 Å². The Kier molecular flexibility index (Phi) is 5.57. The van der Waals surface area contributed by atoms with E-state index in [1.807, 2.05) is 6.26 Å². The van der Waals surface area contributed by atoms with Crippen molar-refractivity contribution in [1.29, 1.82) is 0 Å². The van der Waals surface area contributed by atoms with Gasteiger partial charge in [-0.2, -0.15) is 24.9 Å². The lowest BCUT2D eigenvalue weighted by Gasteiger charge is -2.15. The minimum Gasteiger partial charge on any atom is -0.281 e. The van der Waals surface area contributed by atoms with Gasteiger partial charge in [-0.3, -0.25) is 9.36 Å². The molecule has 0 bridgehead atoms. The van der Waals surface area contributed by atoms with Gasteiger partial charge < -0.3 is 0 Å². The topological polar surface area (TPSA) is 22.0 Å². The smallest absolute Gasteiger partial charge is 0.281 e. The Labute approximate surface area is 137 Å². The van der Waals surface area contributed by atoms with Crippen LogP contribution in [0.1, 0.15) is 23.2 Å². The first-order valence-corrected chi connectivity index (χ1v) is 8.62. The molecule has 1 aromatic heterocycles. The zero-order valence-corrected chi connectivity index (χ0v) is 13.8. The standard InChI is InChI=1S/C17H18F3NOS/c1-12-13(5-4-10-23-2)8-9-16(22)21(12)15-7-3-6-14(11-15)17(18,19)20/h3,6-9,11H,4-5,10H2,1-2H3. The number of nitrogens with zero attached hydrogens (tertiary/aromatic N) is 1. The molecular formula is C17H18F3NOS. The van der Waals surface area contributed by atoms with Gasteiger partial charge in [-0.25, -0.2) is 0 Å². The van der Waals surface area contributed by atoms with Gasteiger partial charge in [0.25, 0.3) is 5.56 Å². The van der Waals surface area contributed by atoms with E-state index in [4.69, 9.17) is 0 Å². The molecule has 2 nitrogen and oxygen atoms in total. The second kappa shape index (κ2) is 7.25. The Bertz CT molecular complexity index is 737. The number of halogens is 3. The van der Waals surface area contributed by atoms with Crippen LogP contribution in [0, 0.1) is 6.92 Å². The highest BCUT2D eigenvalue weighted by Gasteiger charge is 2.30. The van der Waals surface area contributed by atoms with Gasteiger partial charge in [0, 0.05) is 17.4 Å². The van der Waals surface area contributed by atoms with Crippen LogP contribution >= 0.6 is 11.8 Å². The number of thioether (sulfide) groups is 1. The monoisotopic (exact) mass is 341 g/mol. The highest BCUT2D eigenvalue weighted by Crippen LogP contribution is 2.30. The quantitative estimate of drug-likeness (QED) is 0.749. The molecule has 124 valence electrons. The molecule has 0 N–H and O–H groups in total. The van der Waals surface area contributed by atoms with Gasteiger partial charge in [0.2, 0.25) is 0 Å². The predicted octanol–water partition coefficient (Wildman–Crippen LogP) is 4.46. The fourth-order valence-corrected chi connectivity index (χ4v) is 2.92. The first-order chi connectivity index (χ1) is 10.8. The fraction of sp³-hybridized carbons (Fsp3) is 0.353. The van der Waals surface area contributed by atoms with Gasteiger partial charge in [0.15, 0.2) is 0 Å². The predicted molar refractivity (Wildman–Crippen MR) is 88.5 cm³/mol. The molecule has 0 aliphatic carbocycles. The average molecular weight is 341 g/mol. The summed E-state index contributed by atoms with van der Waals surface area (Å²) in [6, 6.07) is 8.05. The van der Waals surface area contributed by atoms with Crippen LogP contribution in [0.5, 0.6) is 0 Å². The summed E-state index contributed by atoms with van der Waals surface area (Å²) in [5.41, 5.74) is 0.840. The third-order valence-corrected chi connectivity index (χ3v) is 4.37. The van der Waals surface area contributed by atoms with E-state index in [9.17, 15) is 18.0 Å². The molecule has 0 aliphatic rings. The lowest BCUT2D eigenvalue weighted by Crippen LogP contribution is -2.21. The molecular weight excluding hydrogens is 323 g/mol. The van der Waals surface area contributed by atoms with Crippen LogP contribution in [0.3, 0.4) is 0 Å². The number of aryl methyl sites for hydroxylation is 1. The summed E-state index contributed by atoms with van der Waals surface area (Å²) >= 11 is 1.74. The van der Waals surface area contributed by atoms with Crippen LogP contribution in [0.2, 0.25) is 0 Å². The Morgan fingerprint density at radius 2 is 1.91 bits per heavy atom. The van der Waals surface area contributed by atoms with E-state index < -0.39 is 11.7 Å². The Morgan fingerprint density at radius 1 is 1.17 bits per heavy atom. The summed E-state index contributed by atoms with van der Waals surface area (Å²) in [7, 11) is 0. The maximum atomic E-state index is 12.9. The molecule has 0 aliphatic heterocycles. The lowest BCUT2D eigenvalue weighted by molar-refractivity contribution is -0.137. The van der Waals surface area contributed by atoms with Gasteiger partial charge in [-0.1, -0.05) is 12.1 Å². The molecule has 23 heavy (non-hydrogen) atoms. The van der Waals surface area contributed by atoms with Gasteiger partial charge in [-0.15, -0.1) is 0 Å². The van der Waals surface area contributed by atoms with E-state index in [1.54, 1.807) is 24.8 Å². The van der Waals surface area contributed by atoms with Gasteiger partial charge in [0.05, 0.1) is 5.56 Å². The zero-order valence-electron chi connectivity index (χ0n) is 13.0. The first-order valence-electron chi connectivity index (χ1n) is 7.22.